The predicted octanol–water partition coefficient (Wildman–Crippen LogP) is 0.914. The van der Waals surface area contributed by atoms with Gasteiger partial charge in [0.2, 0.25) is 5.91 Å². The third-order valence-electron chi connectivity index (χ3n) is 3.46. The average Bonchev–Trinajstić information content (AvgIpc) is 2.15. The van der Waals surface area contributed by atoms with Crippen molar-refractivity contribution in [1.82, 2.24) is 9.80 Å². The number of nitrogens with two attached hydrogens (primary N) is 1. The van der Waals surface area contributed by atoms with E-state index in [9.17, 15) is 4.79 Å². The maximum absolute atomic E-state index is 11.4. The van der Waals surface area contributed by atoms with Crippen molar-refractivity contribution in [3.63, 3.8) is 0 Å². The molecule has 0 saturated carbocycles. The zero-order valence-electron chi connectivity index (χ0n) is 11.9. The number of hydrogen-bond donors (Lipinski definition) is 1. The summed E-state index contributed by atoms with van der Waals surface area (Å²) in [6.07, 6.45) is 0. The lowest BCUT2D eigenvalue weighted by molar-refractivity contribution is -0.129. The van der Waals surface area contributed by atoms with Crippen LogP contribution in [0, 0.1) is 5.41 Å². The lowest BCUT2D eigenvalue weighted by atomic mass is 9.95. The Bertz CT molecular complexity index is 273. The Morgan fingerprint density at radius 2 is 1.53 bits per heavy atom. The minimum atomic E-state index is -0.520. The molecule has 1 rings (SSSR count). The molecule has 4 nitrogen and oxygen atoms in total. The normalized spacial score (nSPS) is 20.5. The van der Waals surface area contributed by atoms with Crippen LogP contribution in [0.2, 0.25) is 0 Å². The number of primary amides is 1. The van der Waals surface area contributed by atoms with Gasteiger partial charge in [0, 0.05) is 32.7 Å². The smallest absolute Gasteiger partial charge is 0.237 e. The number of piperazine rings is 1. The van der Waals surface area contributed by atoms with Gasteiger partial charge in [-0.2, -0.15) is 0 Å². The fraction of sp³-hybridized carbons (Fsp3) is 0.923. The summed E-state index contributed by atoms with van der Waals surface area (Å²) in [5.41, 5.74) is 5.26. The van der Waals surface area contributed by atoms with E-state index >= 15 is 0 Å². The first-order valence-electron chi connectivity index (χ1n) is 6.40. The van der Waals surface area contributed by atoms with Crippen LogP contribution in [-0.4, -0.2) is 54.0 Å². The van der Waals surface area contributed by atoms with Crippen molar-refractivity contribution in [3.8, 4) is 0 Å². The van der Waals surface area contributed by atoms with Crippen LogP contribution in [0.3, 0.4) is 0 Å². The molecule has 0 bridgehead atoms. The molecule has 1 saturated heterocycles. The van der Waals surface area contributed by atoms with E-state index < -0.39 is 5.54 Å². The van der Waals surface area contributed by atoms with Crippen LogP contribution in [0.5, 0.6) is 0 Å². The van der Waals surface area contributed by atoms with Gasteiger partial charge in [0.05, 0.1) is 5.54 Å². The Labute approximate surface area is 105 Å². The van der Waals surface area contributed by atoms with Crippen LogP contribution in [-0.2, 0) is 4.79 Å². The maximum Gasteiger partial charge on any atom is 0.237 e. The van der Waals surface area contributed by atoms with Gasteiger partial charge in [0.15, 0.2) is 0 Å². The highest BCUT2D eigenvalue weighted by molar-refractivity contribution is 5.83. The van der Waals surface area contributed by atoms with E-state index in [-0.39, 0.29) is 5.91 Å². The van der Waals surface area contributed by atoms with Crippen LogP contribution < -0.4 is 5.73 Å². The number of hydrogen-bond acceptors (Lipinski definition) is 3. The summed E-state index contributed by atoms with van der Waals surface area (Å²) in [5.74, 6) is -0.234. The van der Waals surface area contributed by atoms with Crippen molar-refractivity contribution >= 4 is 5.91 Å². The minimum absolute atomic E-state index is 0.234. The highest BCUT2D eigenvalue weighted by Gasteiger charge is 2.35. The second-order valence-corrected chi connectivity index (χ2v) is 6.75. The van der Waals surface area contributed by atoms with Gasteiger partial charge in [-0.05, 0) is 19.3 Å². The van der Waals surface area contributed by atoms with Crippen LogP contribution in [0.25, 0.3) is 0 Å². The zero-order valence-corrected chi connectivity index (χ0v) is 11.9. The first kappa shape index (κ1) is 14.5. The number of carbonyl (C=O) groups is 1. The molecular formula is C13H27N3O. The number of nitrogens with zero attached hydrogens (tertiary/aromatic N) is 2. The van der Waals surface area contributed by atoms with Crippen molar-refractivity contribution in [1.29, 1.82) is 0 Å². The van der Waals surface area contributed by atoms with Crippen molar-refractivity contribution in [2.75, 3.05) is 32.7 Å². The van der Waals surface area contributed by atoms with E-state index in [1.54, 1.807) is 0 Å². The molecule has 0 unspecified atom stereocenters. The highest BCUT2D eigenvalue weighted by atomic mass is 16.1. The van der Waals surface area contributed by atoms with E-state index in [0.717, 1.165) is 32.7 Å². The minimum Gasteiger partial charge on any atom is -0.368 e. The average molecular weight is 241 g/mol. The zero-order chi connectivity index (χ0) is 13.3. The van der Waals surface area contributed by atoms with Gasteiger partial charge in [-0.3, -0.25) is 9.69 Å². The molecular weight excluding hydrogens is 214 g/mol. The summed E-state index contributed by atoms with van der Waals surface area (Å²) in [4.78, 5) is 16.1. The summed E-state index contributed by atoms with van der Waals surface area (Å²) < 4.78 is 0. The van der Waals surface area contributed by atoms with E-state index in [2.05, 4.69) is 30.6 Å². The third-order valence-corrected chi connectivity index (χ3v) is 3.46. The Kier molecular flexibility index (Phi) is 4.20. The molecule has 0 aromatic rings. The molecule has 1 heterocycles. The predicted molar refractivity (Wildman–Crippen MR) is 70.7 cm³/mol. The van der Waals surface area contributed by atoms with Crippen LogP contribution in [0.1, 0.15) is 34.6 Å². The molecule has 2 N–H and O–H groups in total. The number of rotatable bonds is 3. The molecule has 0 spiro atoms. The Morgan fingerprint density at radius 3 is 1.88 bits per heavy atom. The van der Waals surface area contributed by atoms with Gasteiger partial charge in [0.1, 0.15) is 0 Å². The van der Waals surface area contributed by atoms with Crippen molar-refractivity contribution in [2.24, 2.45) is 11.1 Å². The second-order valence-electron chi connectivity index (χ2n) is 6.75. The molecule has 17 heavy (non-hydrogen) atoms. The number of carbonyl (C=O) groups excluding carboxylic acids is 1. The fourth-order valence-corrected chi connectivity index (χ4v) is 2.29. The monoisotopic (exact) mass is 241 g/mol. The molecule has 0 aliphatic carbocycles. The maximum atomic E-state index is 11.4. The molecule has 0 aromatic heterocycles. The third kappa shape index (κ3) is 3.96. The molecule has 0 atom stereocenters. The van der Waals surface area contributed by atoms with E-state index in [1.165, 1.54) is 0 Å². The lowest BCUT2D eigenvalue weighted by Crippen LogP contribution is -2.60. The molecule has 0 aromatic carbocycles. The Hall–Kier alpha value is -0.610. The molecule has 1 aliphatic heterocycles. The van der Waals surface area contributed by atoms with E-state index in [0.29, 0.717) is 5.41 Å². The van der Waals surface area contributed by atoms with E-state index in [1.807, 2.05) is 13.8 Å². The summed E-state index contributed by atoms with van der Waals surface area (Å²) in [5, 5.41) is 0. The first-order chi connectivity index (χ1) is 7.63. The van der Waals surface area contributed by atoms with E-state index in [4.69, 9.17) is 5.73 Å². The van der Waals surface area contributed by atoms with Gasteiger partial charge < -0.3 is 10.6 Å². The van der Waals surface area contributed by atoms with Gasteiger partial charge in [-0.15, -0.1) is 0 Å². The fourth-order valence-electron chi connectivity index (χ4n) is 2.29. The van der Waals surface area contributed by atoms with Crippen molar-refractivity contribution < 1.29 is 4.79 Å². The lowest BCUT2D eigenvalue weighted by Gasteiger charge is -2.43. The van der Waals surface area contributed by atoms with Crippen LogP contribution in [0.15, 0.2) is 0 Å². The molecule has 0 radical (unpaired) electrons. The SMILES string of the molecule is CC(C)(C)CN1CCN(C(C)(C)C(N)=O)CC1. The number of amides is 1. The molecule has 1 aliphatic rings. The van der Waals surface area contributed by atoms with Gasteiger partial charge in [-0.1, -0.05) is 20.8 Å². The first-order valence-corrected chi connectivity index (χ1v) is 6.40. The molecule has 1 amide bonds. The van der Waals surface area contributed by atoms with Crippen molar-refractivity contribution in [2.45, 2.75) is 40.2 Å². The standard InChI is InChI=1S/C13H27N3O/c1-12(2,3)10-15-6-8-16(9-7-15)13(4,5)11(14)17/h6-10H2,1-5H3,(H2,14,17). The van der Waals surface area contributed by atoms with Crippen LogP contribution in [0.4, 0.5) is 0 Å². The summed E-state index contributed by atoms with van der Waals surface area (Å²) in [6.45, 7) is 15.6. The Balaban J connectivity index is 2.49. The van der Waals surface area contributed by atoms with Crippen molar-refractivity contribution in [3.05, 3.63) is 0 Å². The van der Waals surface area contributed by atoms with Gasteiger partial charge in [0.25, 0.3) is 0 Å². The quantitative estimate of drug-likeness (QED) is 0.799. The van der Waals surface area contributed by atoms with Crippen LogP contribution >= 0.6 is 0 Å². The molecule has 4 heteroatoms. The highest BCUT2D eigenvalue weighted by Crippen LogP contribution is 2.20. The molecule has 100 valence electrons. The summed E-state index contributed by atoms with van der Waals surface area (Å²) in [6, 6.07) is 0. The second kappa shape index (κ2) is 4.94. The summed E-state index contributed by atoms with van der Waals surface area (Å²) >= 11 is 0. The Morgan fingerprint density at radius 1 is 1.06 bits per heavy atom. The topological polar surface area (TPSA) is 49.6 Å². The summed E-state index contributed by atoms with van der Waals surface area (Å²) in [7, 11) is 0. The van der Waals surface area contributed by atoms with Gasteiger partial charge >= 0.3 is 0 Å². The largest absolute Gasteiger partial charge is 0.368 e. The molecule has 1 fully saturated rings. The van der Waals surface area contributed by atoms with Gasteiger partial charge in [-0.25, -0.2) is 0 Å².